The second-order valence-electron chi connectivity index (χ2n) is 5.26. The smallest absolute Gasteiger partial charge is 0.307 e. The van der Waals surface area contributed by atoms with E-state index in [2.05, 4.69) is 4.90 Å². The maximum absolute atomic E-state index is 10.9. The highest BCUT2D eigenvalue weighted by Crippen LogP contribution is 2.19. The van der Waals surface area contributed by atoms with Crippen molar-refractivity contribution in [1.29, 1.82) is 0 Å². The first-order valence-corrected chi connectivity index (χ1v) is 6.82. The van der Waals surface area contributed by atoms with Crippen LogP contribution in [0.3, 0.4) is 0 Å². The Morgan fingerprint density at radius 2 is 2.24 bits per heavy atom. The topological polar surface area (TPSA) is 49.8 Å². The van der Waals surface area contributed by atoms with Crippen LogP contribution in [0.2, 0.25) is 0 Å². The molecule has 2 aliphatic rings. The third-order valence-electron chi connectivity index (χ3n) is 3.88. The third kappa shape index (κ3) is 3.96. The van der Waals surface area contributed by atoms with Crippen molar-refractivity contribution >= 4 is 5.97 Å². The maximum atomic E-state index is 10.9. The number of likely N-dealkylation sites (tertiary alicyclic amines) is 1. The number of aliphatic carboxylic acids is 1. The van der Waals surface area contributed by atoms with Gasteiger partial charge >= 0.3 is 5.97 Å². The highest BCUT2D eigenvalue weighted by Gasteiger charge is 2.25. The minimum atomic E-state index is -0.631. The van der Waals surface area contributed by atoms with Crippen LogP contribution in [-0.2, 0) is 9.53 Å². The summed E-state index contributed by atoms with van der Waals surface area (Å²) in [6.07, 6.45) is 7.02. The molecule has 0 aromatic heterocycles. The molecule has 0 aliphatic carbocycles. The predicted molar refractivity (Wildman–Crippen MR) is 65.0 cm³/mol. The fourth-order valence-corrected chi connectivity index (χ4v) is 2.87. The van der Waals surface area contributed by atoms with Gasteiger partial charge in [0.25, 0.3) is 0 Å². The van der Waals surface area contributed by atoms with E-state index < -0.39 is 5.97 Å². The number of carboxylic acids is 1. The van der Waals surface area contributed by atoms with Crippen LogP contribution in [0.25, 0.3) is 0 Å². The van der Waals surface area contributed by atoms with E-state index in [4.69, 9.17) is 9.84 Å². The van der Waals surface area contributed by atoms with Crippen LogP contribution in [0.5, 0.6) is 0 Å². The van der Waals surface area contributed by atoms with Gasteiger partial charge in [-0.25, -0.2) is 0 Å². The van der Waals surface area contributed by atoms with Crippen molar-refractivity contribution in [3.8, 4) is 0 Å². The van der Waals surface area contributed by atoms with Crippen LogP contribution < -0.4 is 0 Å². The molecule has 0 bridgehead atoms. The molecule has 4 nitrogen and oxygen atoms in total. The molecular weight excluding hydrogens is 218 g/mol. The second kappa shape index (κ2) is 6.36. The van der Waals surface area contributed by atoms with E-state index in [0.717, 1.165) is 51.9 Å². The fraction of sp³-hybridized carbons (Fsp3) is 0.923. The maximum Gasteiger partial charge on any atom is 0.307 e. The largest absolute Gasteiger partial charge is 0.481 e. The SMILES string of the molecule is O=C(O)C1CCCN(CCCC2CCCO2)C1. The van der Waals surface area contributed by atoms with Gasteiger partial charge in [-0.2, -0.15) is 0 Å². The van der Waals surface area contributed by atoms with Crippen LogP contribution in [0, 0.1) is 5.92 Å². The summed E-state index contributed by atoms with van der Waals surface area (Å²) in [5, 5.41) is 9.01. The van der Waals surface area contributed by atoms with E-state index in [0.29, 0.717) is 6.10 Å². The van der Waals surface area contributed by atoms with Gasteiger partial charge in [0.2, 0.25) is 0 Å². The number of hydrogen-bond donors (Lipinski definition) is 1. The molecule has 0 amide bonds. The monoisotopic (exact) mass is 241 g/mol. The standard InChI is InChI=1S/C13H23NO3/c15-13(16)11-4-1-7-14(10-11)8-2-5-12-6-3-9-17-12/h11-12H,1-10H2,(H,15,16). The lowest BCUT2D eigenvalue weighted by Crippen LogP contribution is -2.39. The predicted octanol–water partition coefficient (Wildman–Crippen LogP) is 1.74. The van der Waals surface area contributed by atoms with Gasteiger partial charge in [-0.3, -0.25) is 4.79 Å². The Labute approximate surface area is 103 Å². The van der Waals surface area contributed by atoms with Crippen LogP contribution in [0.4, 0.5) is 0 Å². The van der Waals surface area contributed by atoms with E-state index in [-0.39, 0.29) is 5.92 Å². The summed E-state index contributed by atoms with van der Waals surface area (Å²) >= 11 is 0. The number of carbonyl (C=O) groups is 1. The van der Waals surface area contributed by atoms with E-state index in [1.54, 1.807) is 0 Å². The van der Waals surface area contributed by atoms with Crippen LogP contribution >= 0.6 is 0 Å². The Morgan fingerprint density at radius 3 is 2.94 bits per heavy atom. The molecule has 2 heterocycles. The molecule has 2 fully saturated rings. The average Bonchev–Trinajstić information content (AvgIpc) is 2.82. The van der Waals surface area contributed by atoms with Crippen molar-refractivity contribution in [2.45, 2.75) is 44.6 Å². The zero-order valence-corrected chi connectivity index (χ0v) is 10.4. The number of rotatable bonds is 5. The zero-order valence-electron chi connectivity index (χ0n) is 10.4. The van der Waals surface area contributed by atoms with Crippen LogP contribution in [0.15, 0.2) is 0 Å². The number of piperidine rings is 1. The minimum Gasteiger partial charge on any atom is -0.481 e. The summed E-state index contributed by atoms with van der Waals surface area (Å²) in [6.45, 7) is 3.76. The van der Waals surface area contributed by atoms with Crippen LogP contribution in [0.1, 0.15) is 38.5 Å². The third-order valence-corrected chi connectivity index (χ3v) is 3.88. The lowest BCUT2D eigenvalue weighted by molar-refractivity contribution is -0.143. The van der Waals surface area contributed by atoms with Gasteiger partial charge in [0, 0.05) is 13.2 Å². The summed E-state index contributed by atoms with van der Waals surface area (Å²) in [5.41, 5.74) is 0. The van der Waals surface area contributed by atoms with Gasteiger partial charge in [-0.05, 0) is 51.6 Å². The summed E-state index contributed by atoms with van der Waals surface area (Å²) in [5.74, 6) is -0.777. The first-order valence-electron chi connectivity index (χ1n) is 6.82. The molecule has 0 radical (unpaired) electrons. The molecule has 0 saturated carbocycles. The lowest BCUT2D eigenvalue weighted by atomic mass is 9.98. The quantitative estimate of drug-likeness (QED) is 0.796. The van der Waals surface area contributed by atoms with Crippen molar-refractivity contribution in [1.82, 2.24) is 4.90 Å². The molecule has 0 aromatic rings. The molecule has 17 heavy (non-hydrogen) atoms. The van der Waals surface area contributed by atoms with Gasteiger partial charge in [0.15, 0.2) is 0 Å². The summed E-state index contributed by atoms with van der Waals surface area (Å²) in [6, 6.07) is 0. The molecule has 0 spiro atoms. The molecule has 2 saturated heterocycles. The summed E-state index contributed by atoms with van der Waals surface area (Å²) in [4.78, 5) is 13.2. The molecule has 2 atom stereocenters. The van der Waals surface area contributed by atoms with Crippen molar-refractivity contribution < 1.29 is 14.6 Å². The Kier molecular flexibility index (Phi) is 4.80. The lowest BCUT2D eigenvalue weighted by Gasteiger charge is -2.30. The number of carboxylic acid groups (broad SMARTS) is 1. The Morgan fingerprint density at radius 1 is 1.35 bits per heavy atom. The fourth-order valence-electron chi connectivity index (χ4n) is 2.87. The molecule has 2 rings (SSSR count). The molecule has 1 N–H and O–H groups in total. The van der Waals surface area contributed by atoms with Crippen molar-refractivity contribution in [3.05, 3.63) is 0 Å². The first kappa shape index (κ1) is 12.8. The van der Waals surface area contributed by atoms with Gasteiger partial charge in [-0.1, -0.05) is 0 Å². The Bertz CT molecular complexity index is 251. The molecule has 2 aliphatic heterocycles. The van der Waals surface area contributed by atoms with E-state index in [1.807, 2.05) is 0 Å². The number of hydrogen-bond acceptors (Lipinski definition) is 3. The van der Waals surface area contributed by atoms with Gasteiger partial charge in [0.05, 0.1) is 12.0 Å². The molecular formula is C13H23NO3. The molecule has 0 aromatic carbocycles. The molecule has 4 heteroatoms. The first-order chi connectivity index (χ1) is 8.25. The van der Waals surface area contributed by atoms with E-state index in [1.165, 1.54) is 12.8 Å². The summed E-state index contributed by atoms with van der Waals surface area (Å²) in [7, 11) is 0. The zero-order chi connectivity index (χ0) is 12.1. The van der Waals surface area contributed by atoms with Gasteiger partial charge in [-0.15, -0.1) is 0 Å². The van der Waals surface area contributed by atoms with E-state index >= 15 is 0 Å². The highest BCUT2D eigenvalue weighted by atomic mass is 16.5. The Hall–Kier alpha value is -0.610. The summed E-state index contributed by atoms with van der Waals surface area (Å²) < 4.78 is 5.59. The number of ether oxygens (including phenoxy) is 1. The van der Waals surface area contributed by atoms with Crippen molar-refractivity contribution in [3.63, 3.8) is 0 Å². The van der Waals surface area contributed by atoms with Gasteiger partial charge in [0.1, 0.15) is 0 Å². The average molecular weight is 241 g/mol. The Balaban J connectivity index is 1.62. The second-order valence-corrected chi connectivity index (χ2v) is 5.26. The number of nitrogens with zero attached hydrogens (tertiary/aromatic N) is 1. The van der Waals surface area contributed by atoms with Crippen LogP contribution in [-0.4, -0.2) is 48.3 Å². The highest BCUT2D eigenvalue weighted by molar-refractivity contribution is 5.70. The normalized spacial score (nSPS) is 30.6. The molecule has 2 unspecified atom stereocenters. The van der Waals surface area contributed by atoms with E-state index in [9.17, 15) is 4.79 Å². The van der Waals surface area contributed by atoms with Crippen molar-refractivity contribution in [2.24, 2.45) is 5.92 Å². The molecule has 98 valence electrons. The van der Waals surface area contributed by atoms with Gasteiger partial charge < -0.3 is 14.7 Å². The minimum absolute atomic E-state index is 0.147. The van der Waals surface area contributed by atoms with Crippen molar-refractivity contribution in [2.75, 3.05) is 26.2 Å².